The first kappa shape index (κ1) is 15.9. The van der Waals surface area contributed by atoms with Crippen molar-refractivity contribution in [2.24, 2.45) is 5.92 Å². The fraction of sp³-hybridized carbons (Fsp3) is 0.375. The number of hydrogen-bond acceptors (Lipinski definition) is 5. The standard InChI is InChI=1S/C16H19NO5/c1-9(2)8-17-15(19)13(14(18)16(17)20)10-5-6-11(21-3)12(7-10)22-4/h5-7,9,18H,8H2,1-4H3. The van der Waals surface area contributed by atoms with Crippen LogP contribution in [-0.4, -0.2) is 42.6 Å². The fourth-order valence-corrected chi connectivity index (χ4v) is 2.35. The number of rotatable bonds is 5. The predicted molar refractivity (Wildman–Crippen MR) is 80.7 cm³/mol. The first-order chi connectivity index (χ1) is 10.4. The number of methoxy groups -OCH3 is 2. The molecule has 0 aliphatic carbocycles. The van der Waals surface area contributed by atoms with E-state index in [1.807, 2.05) is 13.8 Å². The van der Waals surface area contributed by atoms with E-state index in [2.05, 4.69) is 0 Å². The lowest BCUT2D eigenvalue weighted by Crippen LogP contribution is -2.34. The van der Waals surface area contributed by atoms with E-state index in [1.54, 1.807) is 18.2 Å². The SMILES string of the molecule is COc1ccc(C2=C(O)C(=O)N(CC(C)C)C2=O)cc1OC. The maximum absolute atomic E-state index is 12.4. The third-order valence-corrected chi connectivity index (χ3v) is 3.36. The van der Waals surface area contributed by atoms with Crippen LogP contribution in [0.2, 0.25) is 0 Å². The number of ether oxygens (including phenoxy) is 2. The molecule has 0 bridgehead atoms. The maximum atomic E-state index is 12.4. The summed E-state index contributed by atoms with van der Waals surface area (Å²) in [4.78, 5) is 25.5. The lowest BCUT2D eigenvalue weighted by Gasteiger charge is -2.16. The van der Waals surface area contributed by atoms with Gasteiger partial charge in [0.2, 0.25) is 0 Å². The molecule has 1 heterocycles. The summed E-state index contributed by atoms with van der Waals surface area (Å²) in [5.41, 5.74) is 0.409. The largest absolute Gasteiger partial charge is 0.502 e. The van der Waals surface area contributed by atoms with Crippen molar-refractivity contribution in [3.8, 4) is 11.5 Å². The normalized spacial score (nSPS) is 15.0. The zero-order chi connectivity index (χ0) is 16.4. The van der Waals surface area contributed by atoms with Crippen LogP contribution < -0.4 is 9.47 Å². The van der Waals surface area contributed by atoms with Gasteiger partial charge in [-0.25, -0.2) is 0 Å². The molecule has 6 heteroatoms. The van der Waals surface area contributed by atoms with Crippen LogP contribution in [-0.2, 0) is 9.59 Å². The van der Waals surface area contributed by atoms with Gasteiger partial charge < -0.3 is 14.6 Å². The van der Waals surface area contributed by atoms with Gasteiger partial charge in [-0.05, 0) is 23.6 Å². The Morgan fingerprint density at radius 3 is 2.27 bits per heavy atom. The van der Waals surface area contributed by atoms with Crippen LogP contribution in [0.4, 0.5) is 0 Å². The van der Waals surface area contributed by atoms with Crippen molar-refractivity contribution < 1.29 is 24.2 Å². The van der Waals surface area contributed by atoms with Crippen molar-refractivity contribution in [3.05, 3.63) is 29.5 Å². The van der Waals surface area contributed by atoms with Gasteiger partial charge in [0, 0.05) is 6.54 Å². The number of benzene rings is 1. The van der Waals surface area contributed by atoms with E-state index >= 15 is 0 Å². The first-order valence-corrected chi connectivity index (χ1v) is 6.92. The average Bonchev–Trinajstić information content (AvgIpc) is 2.70. The van der Waals surface area contributed by atoms with E-state index in [4.69, 9.17) is 9.47 Å². The average molecular weight is 305 g/mol. The van der Waals surface area contributed by atoms with Crippen LogP contribution >= 0.6 is 0 Å². The molecule has 0 atom stereocenters. The Bertz CT molecular complexity index is 648. The van der Waals surface area contributed by atoms with E-state index in [0.717, 1.165) is 4.90 Å². The van der Waals surface area contributed by atoms with Crippen LogP contribution in [0.3, 0.4) is 0 Å². The predicted octanol–water partition coefficient (Wildman–Crippen LogP) is 2.00. The van der Waals surface area contributed by atoms with Crippen molar-refractivity contribution >= 4 is 17.4 Å². The molecule has 6 nitrogen and oxygen atoms in total. The number of carbonyl (C=O) groups is 2. The Morgan fingerprint density at radius 1 is 1.09 bits per heavy atom. The van der Waals surface area contributed by atoms with Gasteiger partial charge in [-0.15, -0.1) is 0 Å². The summed E-state index contributed by atoms with van der Waals surface area (Å²) in [5, 5.41) is 10.1. The van der Waals surface area contributed by atoms with Gasteiger partial charge in [0.05, 0.1) is 19.8 Å². The highest BCUT2D eigenvalue weighted by Crippen LogP contribution is 2.34. The van der Waals surface area contributed by atoms with Crippen LogP contribution in [0.1, 0.15) is 19.4 Å². The van der Waals surface area contributed by atoms with Crippen molar-refractivity contribution in [1.29, 1.82) is 0 Å². The Kier molecular flexibility index (Phi) is 4.40. The van der Waals surface area contributed by atoms with Gasteiger partial charge in [-0.1, -0.05) is 19.9 Å². The minimum atomic E-state index is -0.663. The second-order valence-electron chi connectivity index (χ2n) is 5.41. The Labute approximate surface area is 128 Å². The van der Waals surface area contributed by atoms with E-state index in [1.165, 1.54) is 14.2 Å². The van der Waals surface area contributed by atoms with Crippen molar-refractivity contribution in [2.75, 3.05) is 20.8 Å². The fourth-order valence-electron chi connectivity index (χ4n) is 2.35. The molecule has 0 fully saturated rings. The summed E-state index contributed by atoms with van der Waals surface area (Å²) >= 11 is 0. The summed E-state index contributed by atoms with van der Waals surface area (Å²) in [6.45, 7) is 4.05. The number of nitrogens with zero attached hydrogens (tertiary/aromatic N) is 1. The molecule has 0 saturated carbocycles. The van der Waals surface area contributed by atoms with E-state index < -0.39 is 17.6 Å². The van der Waals surface area contributed by atoms with Gasteiger partial charge >= 0.3 is 0 Å². The molecule has 118 valence electrons. The van der Waals surface area contributed by atoms with Gasteiger partial charge in [0.15, 0.2) is 17.3 Å². The molecule has 1 N–H and O–H groups in total. The third kappa shape index (κ3) is 2.64. The minimum Gasteiger partial charge on any atom is -0.502 e. The minimum absolute atomic E-state index is 0.00777. The monoisotopic (exact) mass is 305 g/mol. The second kappa shape index (κ2) is 6.09. The molecular weight excluding hydrogens is 286 g/mol. The summed E-state index contributed by atoms with van der Waals surface area (Å²) in [6.07, 6.45) is 0. The van der Waals surface area contributed by atoms with Crippen LogP contribution in [0, 0.1) is 5.92 Å². The highest BCUT2D eigenvalue weighted by Gasteiger charge is 2.39. The van der Waals surface area contributed by atoms with Crippen molar-refractivity contribution in [3.63, 3.8) is 0 Å². The van der Waals surface area contributed by atoms with Gasteiger partial charge in [0.25, 0.3) is 11.8 Å². The Morgan fingerprint density at radius 2 is 1.73 bits per heavy atom. The molecule has 0 unspecified atom stereocenters. The van der Waals surface area contributed by atoms with E-state index in [0.29, 0.717) is 17.1 Å². The summed E-state index contributed by atoms with van der Waals surface area (Å²) in [6, 6.07) is 4.79. The molecule has 2 amide bonds. The summed E-state index contributed by atoms with van der Waals surface area (Å²) in [7, 11) is 2.98. The number of hydrogen-bond donors (Lipinski definition) is 1. The number of carbonyl (C=O) groups excluding carboxylic acids is 2. The zero-order valence-corrected chi connectivity index (χ0v) is 13.0. The third-order valence-electron chi connectivity index (χ3n) is 3.36. The smallest absolute Gasteiger partial charge is 0.296 e. The number of aliphatic hydroxyl groups excluding tert-OH is 1. The number of aliphatic hydroxyl groups is 1. The lowest BCUT2D eigenvalue weighted by molar-refractivity contribution is -0.138. The highest BCUT2D eigenvalue weighted by atomic mass is 16.5. The number of amides is 2. The van der Waals surface area contributed by atoms with Crippen LogP contribution in [0.25, 0.3) is 5.57 Å². The zero-order valence-electron chi connectivity index (χ0n) is 13.0. The van der Waals surface area contributed by atoms with Crippen molar-refractivity contribution in [2.45, 2.75) is 13.8 Å². The molecule has 1 aromatic carbocycles. The van der Waals surface area contributed by atoms with Crippen molar-refractivity contribution in [1.82, 2.24) is 4.90 Å². The molecule has 22 heavy (non-hydrogen) atoms. The number of imide groups is 1. The molecule has 1 aliphatic heterocycles. The van der Waals surface area contributed by atoms with Gasteiger partial charge in [-0.2, -0.15) is 0 Å². The van der Waals surface area contributed by atoms with Crippen LogP contribution in [0.5, 0.6) is 11.5 Å². The Hall–Kier alpha value is -2.50. The molecule has 0 aromatic heterocycles. The quantitative estimate of drug-likeness (QED) is 0.842. The molecular formula is C16H19NO5. The second-order valence-corrected chi connectivity index (χ2v) is 5.41. The molecule has 2 rings (SSSR count). The maximum Gasteiger partial charge on any atom is 0.296 e. The molecule has 1 aromatic rings. The molecule has 0 saturated heterocycles. The summed E-state index contributed by atoms with van der Waals surface area (Å²) < 4.78 is 10.3. The van der Waals surface area contributed by atoms with E-state index in [-0.39, 0.29) is 18.0 Å². The van der Waals surface area contributed by atoms with E-state index in [9.17, 15) is 14.7 Å². The van der Waals surface area contributed by atoms with Gasteiger partial charge in [-0.3, -0.25) is 14.5 Å². The highest BCUT2D eigenvalue weighted by molar-refractivity contribution is 6.34. The summed E-state index contributed by atoms with van der Waals surface area (Å²) in [5.74, 6) is -0.653. The molecule has 0 spiro atoms. The Balaban J connectivity index is 2.44. The molecule has 1 aliphatic rings. The first-order valence-electron chi connectivity index (χ1n) is 6.92. The van der Waals surface area contributed by atoms with Gasteiger partial charge in [0.1, 0.15) is 0 Å². The topological polar surface area (TPSA) is 76.1 Å². The lowest BCUT2D eigenvalue weighted by atomic mass is 10.0. The van der Waals surface area contributed by atoms with Crippen LogP contribution in [0.15, 0.2) is 24.0 Å². The molecule has 0 radical (unpaired) electrons.